The highest BCUT2D eigenvalue weighted by molar-refractivity contribution is 5.97. The van der Waals surface area contributed by atoms with E-state index < -0.39 is 11.8 Å². The molecule has 0 bridgehead atoms. The summed E-state index contributed by atoms with van der Waals surface area (Å²) in [5.41, 5.74) is 9.94. The van der Waals surface area contributed by atoms with Crippen LogP contribution >= 0.6 is 0 Å². The summed E-state index contributed by atoms with van der Waals surface area (Å²) in [6.45, 7) is 3.54. The first-order valence-electron chi connectivity index (χ1n) is 9.96. The minimum Gasteiger partial charge on any atom is -0.488 e. The fourth-order valence-electron chi connectivity index (χ4n) is 3.64. The molecular formula is C25H21F2N3O2. The van der Waals surface area contributed by atoms with E-state index in [1.807, 2.05) is 37.3 Å². The van der Waals surface area contributed by atoms with E-state index in [2.05, 4.69) is 10.3 Å². The van der Waals surface area contributed by atoms with Crippen LogP contribution in [0.15, 0.2) is 59.6 Å². The maximum Gasteiger partial charge on any atom is 0.317 e. The van der Waals surface area contributed by atoms with Gasteiger partial charge in [0.15, 0.2) is 0 Å². The Balaban J connectivity index is 1.88. The summed E-state index contributed by atoms with van der Waals surface area (Å²) >= 11 is 0. The smallest absolute Gasteiger partial charge is 0.317 e. The summed E-state index contributed by atoms with van der Waals surface area (Å²) in [5, 5.41) is 2.44. The number of amides is 2. The maximum atomic E-state index is 14.6. The van der Waals surface area contributed by atoms with Crippen LogP contribution in [0, 0.1) is 18.6 Å². The summed E-state index contributed by atoms with van der Waals surface area (Å²) in [4.78, 5) is 15.5. The zero-order valence-corrected chi connectivity index (χ0v) is 17.6. The Morgan fingerprint density at radius 2 is 1.94 bits per heavy atom. The van der Waals surface area contributed by atoms with E-state index in [1.165, 1.54) is 18.2 Å². The van der Waals surface area contributed by atoms with Crippen LogP contribution in [0.5, 0.6) is 5.75 Å². The van der Waals surface area contributed by atoms with Crippen molar-refractivity contribution in [3.8, 4) is 5.75 Å². The number of rotatable bonds is 2. The van der Waals surface area contributed by atoms with Crippen LogP contribution in [-0.4, -0.2) is 11.9 Å². The number of aliphatic imine (C=N–C) groups is 1. The van der Waals surface area contributed by atoms with Crippen molar-refractivity contribution < 1.29 is 18.3 Å². The Morgan fingerprint density at radius 3 is 2.72 bits per heavy atom. The largest absolute Gasteiger partial charge is 0.488 e. The molecule has 3 N–H and O–H groups in total. The summed E-state index contributed by atoms with van der Waals surface area (Å²) < 4.78 is 34.2. The van der Waals surface area contributed by atoms with Gasteiger partial charge in [-0.2, -0.15) is 0 Å². The quantitative estimate of drug-likeness (QED) is 0.415. The molecule has 1 aliphatic rings. The first-order chi connectivity index (χ1) is 15.3. The number of nitrogens with one attached hydrogen (secondary N) is 1. The number of halogens is 2. The summed E-state index contributed by atoms with van der Waals surface area (Å²) in [6.07, 6.45) is 1.89. The molecule has 5 nitrogen and oxygen atoms in total. The molecule has 3 aromatic rings. The minimum absolute atomic E-state index is 0.00276. The topological polar surface area (TPSA) is 76.7 Å². The van der Waals surface area contributed by atoms with Crippen LogP contribution in [0.1, 0.15) is 34.7 Å². The van der Waals surface area contributed by atoms with Crippen LogP contribution in [0.4, 0.5) is 19.3 Å². The number of amidine groups is 1. The van der Waals surface area contributed by atoms with E-state index in [1.54, 1.807) is 19.1 Å². The average Bonchev–Trinajstić information content (AvgIpc) is 2.87. The van der Waals surface area contributed by atoms with Crippen molar-refractivity contribution in [2.24, 2.45) is 10.7 Å². The van der Waals surface area contributed by atoms with Gasteiger partial charge in [-0.15, -0.1) is 0 Å². The van der Waals surface area contributed by atoms with Gasteiger partial charge in [-0.05, 0) is 66.5 Å². The third kappa shape index (κ3) is 4.37. The number of nitrogens with zero attached hydrogens (tertiary/aromatic N) is 1. The number of urea groups is 1. The van der Waals surface area contributed by atoms with Crippen molar-refractivity contribution in [2.75, 3.05) is 0 Å². The molecule has 0 spiro atoms. The molecule has 0 radical (unpaired) electrons. The van der Waals surface area contributed by atoms with Gasteiger partial charge in [-0.25, -0.2) is 18.6 Å². The molecular weight excluding hydrogens is 412 g/mol. The SMILES string of the molecule is CC(=Nc1cc(/C=C2/c3ccc(F)cc3OCc3c(F)cccc32)ccc1C)NC(N)=O. The van der Waals surface area contributed by atoms with Crippen LogP contribution in [0.3, 0.4) is 0 Å². The molecule has 162 valence electrons. The number of ether oxygens (including phenoxy) is 1. The number of hydrogen-bond donors (Lipinski definition) is 2. The van der Waals surface area contributed by atoms with Gasteiger partial charge in [0.05, 0.1) is 5.69 Å². The van der Waals surface area contributed by atoms with Gasteiger partial charge in [0, 0.05) is 17.2 Å². The van der Waals surface area contributed by atoms with Crippen LogP contribution in [0.25, 0.3) is 11.6 Å². The Labute approximate surface area is 184 Å². The van der Waals surface area contributed by atoms with Crippen molar-refractivity contribution >= 4 is 29.2 Å². The van der Waals surface area contributed by atoms with Crippen molar-refractivity contribution in [3.05, 3.63) is 94.0 Å². The van der Waals surface area contributed by atoms with Crippen molar-refractivity contribution in [3.63, 3.8) is 0 Å². The van der Waals surface area contributed by atoms with Gasteiger partial charge in [0.1, 0.15) is 29.8 Å². The number of carbonyl (C=O) groups excluding carboxylic acids is 1. The predicted molar refractivity (Wildman–Crippen MR) is 121 cm³/mol. The Morgan fingerprint density at radius 1 is 1.12 bits per heavy atom. The predicted octanol–water partition coefficient (Wildman–Crippen LogP) is 5.47. The number of aryl methyl sites for hydroxylation is 1. The zero-order valence-electron chi connectivity index (χ0n) is 17.6. The molecule has 0 atom stereocenters. The number of fused-ring (bicyclic) bond motifs is 2. The third-order valence-electron chi connectivity index (χ3n) is 5.15. The third-order valence-corrected chi connectivity index (χ3v) is 5.15. The highest BCUT2D eigenvalue weighted by Gasteiger charge is 2.22. The minimum atomic E-state index is -0.692. The fraction of sp³-hybridized carbons (Fsp3) is 0.120. The van der Waals surface area contributed by atoms with E-state index in [-0.39, 0.29) is 12.4 Å². The molecule has 4 rings (SSSR count). The lowest BCUT2D eigenvalue weighted by Crippen LogP contribution is -2.33. The Kier molecular flexibility index (Phi) is 5.73. The van der Waals surface area contributed by atoms with E-state index in [0.717, 1.165) is 11.1 Å². The van der Waals surface area contributed by atoms with Crippen LogP contribution in [-0.2, 0) is 6.61 Å². The lowest BCUT2D eigenvalue weighted by atomic mass is 9.92. The normalized spacial score (nSPS) is 14.2. The highest BCUT2D eigenvalue weighted by atomic mass is 19.1. The van der Waals surface area contributed by atoms with E-state index in [9.17, 15) is 13.6 Å². The number of hydrogen-bond acceptors (Lipinski definition) is 3. The van der Waals surface area contributed by atoms with Crippen LogP contribution in [0.2, 0.25) is 0 Å². The molecule has 3 aromatic carbocycles. The molecule has 0 fully saturated rings. The van der Waals surface area contributed by atoms with Gasteiger partial charge < -0.3 is 10.5 Å². The van der Waals surface area contributed by atoms with E-state index >= 15 is 0 Å². The van der Waals surface area contributed by atoms with Gasteiger partial charge in [-0.1, -0.05) is 24.3 Å². The molecule has 0 saturated heterocycles. The zero-order chi connectivity index (χ0) is 22.8. The van der Waals surface area contributed by atoms with Gasteiger partial charge in [-0.3, -0.25) is 5.32 Å². The number of primary amides is 1. The average molecular weight is 433 g/mol. The molecule has 0 saturated carbocycles. The molecule has 1 heterocycles. The summed E-state index contributed by atoms with van der Waals surface area (Å²) in [7, 11) is 0. The summed E-state index contributed by atoms with van der Waals surface area (Å²) in [5.74, 6) is -0.108. The fourth-order valence-corrected chi connectivity index (χ4v) is 3.64. The number of benzene rings is 3. The van der Waals surface area contributed by atoms with Crippen LogP contribution < -0.4 is 15.8 Å². The molecule has 0 unspecified atom stereocenters. The van der Waals surface area contributed by atoms with Crippen molar-refractivity contribution in [2.45, 2.75) is 20.5 Å². The lowest BCUT2D eigenvalue weighted by Gasteiger charge is -2.12. The van der Waals surface area contributed by atoms with E-state index in [0.29, 0.717) is 39.5 Å². The first kappa shape index (κ1) is 21.2. The highest BCUT2D eigenvalue weighted by Crippen LogP contribution is 2.39. The molecule has 0 aliphatic carbocycles. The Bertz CT molecular complexity index is 1280. The van der Waals surface area contributed by atoms with E-state index in [4.69, 9.17) is 10.5 Å². The second kappa shape index (κ2) is 8.63. The van der Waals surface area contributed by atoms with Gasteiger partial charge in [0.2, 0.25) is 0 Å². The molecule has 32 heavy (non-hydrogen) atoms. The molecule has 0 aromatic heterocycles. The number of carbonyl (C=O) groups is 1. The Hall–Kier alpha value is -4.00. The molecule has 2 amide bonds. The van der Waals surface area contributed by atoms with Gasteiger partial charge >= 0.3 is 6.03 Å². The molecule has 7 heteroatoms. The maximum absolute atomic E-state index is 14.6. The molecule has 1 aliphatic heterocycles. The lowest BCUT2D eigenvalue weighted by molar-refractivity contribution is 0.253. The van der Waals surface area contributed by atoms with Gasteiger partial charge in [0.25, 0.3) is 0 Å². The number of nitrogens with two attached hydrogens (primary N) is 1. The van der Waals surface area contributed by atoms with Crippen molar-refractivity contribution in [1.29, 1.82) is 0 Å². The monoisotopic (exact) mass is 433 g/mol. The summed E-state index contributed by atoms with van der Waals surface area (Å²) in [6, 6.07) is 14.1. The first-order valence-corrected chi connectivity index (χ1v) is 9.96. The van der Waals surface area contributed by atoms with Crippen molar-refractivity contribution in [1.82, 2.24) is 5.32 Å². The standard InChI is InChI=1S/C25H21F2N3O2/c1-14-6-7-16(11-23(14)29-15(2)30-25(28)31)10-20-18-4-3-5-22(27)21(18)13-32-24-12-17(26)8-9-19(20)24/h3-12H,13H2,1-2H3,(H3,28,29,30,31)/b20-10+. The second-order valence-corrected chi connectivity index (χ2v) is 7.49. The second-order valence-electron chi connectivity index (χ2n) is 7.49.